The topological polar surface area (TPSA) is 18.5 Å². The second kappa shape index (κ2) is 6.11. The van der Waals surface area contributed by atoms with Crippen molar-refractivity contribution in [1.29, 1.82) is 0 Å². The Morgan fingerprint density at radius 3 is 2.74 bits per heavy atom. The number of hydrogen-bond donors (Lipinski definition) is 1. The van der Waals surface area contributed by atoms with Gasteiger partial charge in [-0.2, -0.15) is 0 Å². The van der Waals surface area contributed by atoms with Gasteiger partial charge in [0.25, 0.3) is 0 Å². The van der Waals surface area contributed by atoms with Crippen LogP contribution >= 0.6 is 0 Å². The molecule has 1 N–H and O–H groups in total. The predicted molar refractivity (Wildman–Crippen MR) is 80.4 cm³/mol. The molecule has 0 radical (unpaired) electrons. The summed E-state index contributed by atoms with van der Waals surface area (Å²) in [5, 5.41) is 3.71. The maximum atomic E-state index is 3.71. The fourth-order valence-corrected chi connectivity index (χ4v) is 4.44. The Labute approximate surface area is 118 Å². The molecule has 3 unspecified atom stereocenters. The predicted octanol–water partition coefficient (Wildman–Crippen LogP) is 1.93. The van der Waals surface area contributed by atoms with E-state index in [0.29, 0.717) is 0 Å². The molecule has 3 nitrogen and oxygen atoms in total. The second-order valence-electron chi connectivity index (χ2n) is 7.29. The van der Waals surface area contributed by atoms with E-state index in [1.165, 1.54) is 64.8 Å². The van der Waals surface area contributed by atoms with Gasteiger partial charge < -0.3 is 10.2 Å². The van der Waals surface area contributed by atoms with Gasteiger partial charge in [-0.15, -0.1) is 0 Å². The summed E-state index contributed by atoms with van der Waals surface area (Å²) < 4.78 is 0. The van der Waals surface area contributed by atoms with Crippen molar-refractivity contribution >= 4 is 0 Å². The Bertz CT molecular complexity index is 292. The quantitative estimate of drug-likeness (QED) is 0.841. The highest BCUT2D eigenvalue weighted by atomic mass is 15.3. The van der Waals surface area contributed by atoms with Gasteiger partial charge in [0.1, 0.15) is 0 Å². The van der Waals surface area contributed by atoms with Crippen molar-refractivity contribution in [2.45, 2.75) is 64.1 Å². The van der Waals surface area contributed by atoms with Crippen LogP contribution in [0.5, 0.6) is 0 Å². The lowest BCUT2D eigenvalue weighted by Crippen LogP contribution is -2.57. The molecule has 3 heteroatoms. The van der Waals surface area contributed by atoms with Crippen LogP contribution in [-0.4, -0.2) is 60.6 Å². The van der Waals surface area contributed by atoms with Crippen molar-refractivity contribution in [3.63, 3.8) is 0 Å². The SMILES string of the molecule is CC(C)CC1CN(C2CCN3CCCC3C2)CCN1. The van der Waals surface area contributed by atoms with E-state index in [1.807, 2.05) is 0 Å². The molecule has 0 spiro atoms. The van der Waals surface area contributed by atoms with Gasteiger partial charge in [0, 0.05) is 37.8 Å². The average molecular weight is 265 g/mol. The molecule has 0 amide bonds. The molecular formula is C16H31N3. The largest absolute Gasteiger partial charge is 0.311 e. The van der Waals surface area contributed by atoms with Crippen LogP contribution in [0.4, 0.5) is 0 Å². The fourth-order valence-electron chi connectivity index (χ4n) is 4.44. The Morgan fingerprint density at radius 1 is 1.05 bits per heavy atom. The van der Waals surface area contributed by atoms with Crippen molar-refractivity contribution in [2.75, 3.05) is 32.7 Å². The van der Waals surface area contributed by atoms with E-state index in [9.17, 15) is 0 Å². The third-order valence-corrected chi connectivity index (χ3v) is 5.35. The summed E-state index contributed by atoms with van der Waals surface area (Å²) in [4.78, 5) is 5.55. The number of rotatable bonds is 3. The maximum Gasteiger partial charge on any atom is 0.0198 e. The monoisotopic (exact) mass is 265 g/mol. The zero-order chi connectivity index (χ0) is 13.2. The minimum atomic E-state index is 0.732. The van der Waals surface area contributed by atoms with Gasteiger partial charge in [0.15, 0.2) is 0 Å². The summed E-state index contributed by atoms with van der Waals surface area (Å²) in [5.41, 5.74) is 0. The molecule has 3 heterocycles. The lowest BCUT2D eigenvalue weighted by Gasteiger charge is -2.44. The summed E-state index contributed by atoms with van der Waals surface area (Å²) in [6, 6.07) is 2.52. The van der Waals surface area contributed by atoms with Crippen LogP contribution in [0.1, 0.15) is 46.0 Å². The third kappa shape index (κ3) is 3.32. The standard InChI is InChI=1S/C16H31N3/c1-13(2)10-14-12-19(9-6-17-14)16-5-8-18-7-3-4-15(18)11-16/h13-17H,3-12H2,1-2H3. The van der Waals surface area contributed by atoms with Crippen LogP contribution < -0.4 is 5.32 Å². The molecule has 19 heavy (non-hydrogen) atoms. The van der Waals surface area contributed by atoms with Crippen molar-refractivity contribution in [3.05, 3.63) is 0 Å². The molecule has 0 aromatic rings. The molecule has 3 aliphatic heterocycles. The van der Waals surface area contributed by atoms with E-state index in [-0.39, 0.29) is 0 Å². The van der Waals surface area contributed by atoms with Gasteiger partial charge in [-0.25, -0.2) is 0 Å². The highest BCUT2D eigenvalue weighted by molar-refractivity contribution is 4.92. The van der Waals surface area contributed by atoms with Crippen LogP contribution in [0.25, 0.3) is 0 Å². The van der Waals surface area contributed by atoms with Gasteiger partial charge in [0.05, 0.1) is 0 Å². The molecule has 0 aromatic heterocycles. The Kier molecular flexibility index (Phi) is 4.45. The van der Waals surface area contributed by atoms with Crippen molar-refractivity contribution < 1.29 is 0 Å². The number of piperidine rings is 1. The van der Waals surface area contributed by atoms with Crippen LogP contribution in [0.2, 0.25) is 0 Å². The summed E-state index contributed by atoms with van der Waals surface area (Å²) >= 11 is 0. The van der Waals surface area contributed by atoms with Crippen molar-refractivity contribution in [3.8, 4) is 0 Å². The molecule has 3 fully saturated rings. The summed E-state index contributed by atoms with van der Waals surface area (Å²) in [5.74, 6) is 0.814. The first kappa shape index (κ1) is 13.8. The Morgan fingerprint density at radius 2 is 1.89 bits per heavy atom. The van der Waals surface area contributed by atoms with Gasteiger partial charge >= 0.3 is 0 Å². The first-order chi connectivity index (χ1) is 9.22. The summed E-state index contributed by atoms with van der Waals surface area (Å²) in [7, 11) is 0. The molecule has 3 aliphatic rings. The third-order valence-electron chi connectivity index (χ3n) is 5.35. The van der Waals surface area contributed by atoms with E-state index in [0.717, 1.165) is 24.0 Å². The first-order valence-corrected chi connectivity index (χ1v) is 8.44. The lowest BCUT2D eigenvalue weighted by atomic mass is 9.94. The van der Waals surface area contributed by atoms with E-state index in [2.05, 4.69) is 29.0 Å². The number of piperazine rings is 1. The van der Waals surface area contributed by atoms with Crippen molar-refractivity contribution in [1.82, 2.24) is 15.1 Å². The minimum Gasteiger partial charge on any atom is -0.311 e. The molecule has 3 saturated heterocycles. The van der Waals surface area contributed by atoms with Gasteiger partial charge in [-0.05, 0) is 51.1 Å². The Balaban J connectivity index is 1.53. The van der Waals surface area contributed by atoms with Gasteiger partial charge in [-0.3, -0.25) is 4.90 Å². The number of hydrogen-bond acceptors (Lipinski definition) is 3. The van der Waals surface area contributed by atoms with Crippen molar-refractivity contribution in [2.24, 2.45) is 5.92 Å². The average Bonchev–Trinajstić information content (AvgIpc) is 2.85. The van der Waals surface area contributed by atoms with E-state index < -0.39 is 0 Å². The Hall–Kier alpha value is -0.120. The smallest absolute Gasteiger partial charge is 0.0198 e. The van der Waals surface area contributed by atoms with Crippen LogP contribution in [0.15, 0.2) is 0 Å². The van der Waals surface area contributed by atoms with Gasteiger partial charge in [-0.1, -0.05) is 13.8 Å². The number of nitrogens with one attached hydrogen (secondary N) is 1. The van der Waals surface area contributed by atoms with Crippen LogP contribution in [0.3, 0.4) is 0 Å². The maximum absolute atomic E-state index is 3.71. The molecule has 0 aliphatic carbocycles. The first-order valence-electron chi connectivity index (χ1n) is 8.44. The zero-order valence-electron chi connectivity index (χ0n) is 12.8. The van der Waals surface area contributed by atoms with E-state index >= 15 is 0 Å². The lowest BCUT2D eigenvalue weighted by molar-refractivity contribution is 0.0640. The molecule has 3 rings (SSSR count). The van der Waals surface area contributed by atoms with Crippen LogP contribution in [0, 0.1) is 5.92 Å². The van der Waals surface area contributed by atoms with Crippen LogP contribution in [-0.2, 0) is 0 Å². The molecular weight excluding hydrogens is 234 g/mol. The zero-order valence-corrected chi connectivity index (χ0v) is 12.8. The molecule has 110 valence electrons. The highest BCUT2D eigenvalue weighted by Crippen LogP contribution is 2.30. The van der Waals surface area contributed by atoms with E-state index in [4.69, 9.17) is 0 Å². The van der Waals surface area contributed by atoms with E-state index in [1.54, 1.807) is 0 Å². The molecule has 3 atom stereocenters. The number of nitrogens with zero attached hydrogens (tertiary/aromatic N) is 2. The fraction of sp³-hybridized carbons (Fsp3) is 1.00. The molecule has 0 aromatic carbocycles. The summed E-state index contributed by atoms with van der Waals surface area (Å²) in [6.45, 7) is 11.2. The second-order valence-corrected chi connectivity index (χ2v) is 7.29. The molecule has 0 bridgehead atoms. The number of fused-ring (bicyclic) bond motifs is 1. The van der Waals surface area contributed by atoms with Gasteiger partial charge in [0.2, 0.25) is 0 Å². The molecule has 0 saturated carbocycles. The minimum absolute atomic E-state index is 0.732. The summed E-state index contributed by atoms with van der Waals surface area (Å²) in [6.07, 6.45) is 7.07. The highest BCUT2D eigenvalue weighted by Gasteiger charge is 2.35. The normalized spacial score (nSPS) is 37.7.